The van der Waals surface area contributed by atoms with Crippen LogP contribution in [0.2, 0.25) is 0 Å². The van der Waals surface area contributed by atoms with Gasteiger partial charge in [0.05, 0.1) is 5.69 Å². The molecule has 0 spiro atoms. The van der Waals surface area contributed by atoms with Gasteiger partial charge in [0.2, 0.25) is 0 Å². The largest absolute Gasteiger partial charge is 0.322 e. The SMILES string of the molecule is Cc1cccc(NC(=O)c2ccc(N(C)S(=O)(=O)N(C)C)cc2)c1. The third kappa shape index (κ3) is 3.93. The number of benzene rings is 2. The van der Waals surface area contributed by atoms with Crippen LogP contribution in [0.3, 0.4) is 0 Å². The van der Waals surface area contributed by atoms with E-state index in [1.807, 2.05) is 31.2 Å². The topological polar surface area (TPSA) is 69.7 Å². The molecule has 7 heteroatoms. The van der Waals surface area contributed by atoms with Crippen molar-refractivity contribution in [3.63, 3.8) is 0 Å². The molecule has 0 fully saturated rings. The first-order chi connectivity index (χ1) is 11.2. The first-order valence-corrected chi connectivity index (χ1v) is 8.76. The molecule has 0 atom stereocenters. The molecule has 2 rings (SSSR count). The van der Waals surface area contributed by atoms with Crippen LogP contribution in [0, 0.1) is 6.92 Å². The number of nitrogens with zero attached hydrogens (tertiary/aromatic N) is 2. The number of carbonyl (C=O) groups is 1. The summed E-state index contributed by atoms with van der Waals surface area (Å²) in [6, 6.07) is 13.9. The van der Waals surface area contributed by atoms with Gasteiger partial charge in [-0.25, -0.2) is 0 Å². The van der Waals surface area contributed by atoms with Crippen molar-refractivity contribution in [2.75, 3.05) is 30.8 Å². The van der Waals surface area contributed by atoms with Crippen LogP contribution in [0.4, 0.5) is 11.4 Å². The second-order valence-electron chi connectivity index (χ2n) is 5.63. The zero-order valence-electron chi connectivity index (χ0n) is 14.1. The van der Waals surface area contributed by atoms with E-state index in [-0.39, 0.29) is 5.91 Å². The molecule has 0 aromatic heterocycles. The van der Waals surface area contributed by atoms with Gasteiger partial charge < -0.3 is 5.32 Å². The Kier molecular flexibility index (Phi) is 5.26. The predicted octanol–water partition coefficient (Wildman–Crippen LogP) is 2.49. The molecular formula is C17H21N3O3S. The molecule has 1 amide bonds. The Hall–Kier alpha value is -2.38. The summed E-state index contributed by atoms with van der Waals surface area (Å²) in [5.41, 5.74) is 2.71. The van der Waals surface area contributed by atoms with Crippen LogP contribution in [0.15, 0.2) is 48.5 Å². The summed E-state index contributed by atoms with van der Waals surface area (Å²) in [6.45, 7) is 1.95. The van der Waals surface area contributed by atoms with Crippen molar-refractivity contribution in [1.29, 1.82) is 0 Å². The monoisotopic (exact) mass is 347 g/mol. The molecule has 0 unspecified atom stereocenters. The Balaban J connectivity index is 2.16. The number of amides is 1. The Bertz CT molecular complexity index is 830. The molecule has 0 aliphatic rings. The minimum absolute atomic E-state index is 0.245. The highest BCUT2D eigenvalue weighted by Crippen LogP contribution is 2.19. The van der Waals surface area contributed by atoms with Crippen LogP contribution in [0.25, 0.3) is 0 Å². The van der Waals surface area contributed by atoms with Crippen LogP contribution >= 0.6 is 0 Å². The average molecular weight is 347 g/mol. The lowest BCUT2D eigenvalue weighted by atomic mass is 10.1. The summed E-state index contributed by atoms with van der Waals surface area (Å²) in [5, 5.41) is 2.82. The lowest BCUT2D eigenvalue weighted by molar-refractivity contribution is 0.102. The second kappa shape index (κ2) is 7.02. The highest BCUT2D eigenvalue weighted by Gasteiger charge is 2.21. The van der Waals surface area contributed by atoms with E-state index in [2.05, 4.69) is 5.32 Å². The van der Waals surface area contributed by atoms with E-state index in [0.717, 1.165) is 19.9 Å². The second-order valence-corrected chi connectivity index (χ2v) is 7.80. The molecule has 6 nitrogen and oxygen atoms in total. The normalized spacial score (nSPS) is 11.4. The first kappa shape index (κ1) is 18.0. The lowest BCUT2D eigenvalue weighted by Crippen LogP contribution is -2.37. The highest BCUT2D eigenvalue weighted by molar-refractivity contribution is 7.90. The molecule has 2 aromatic rings. The van der Waals surface area contributed by atoms with Crippen molar-refractivity contribution in [2.45, 2.75) is 6.92 Å². The van der Waals surface area contributed by atoms with E-state index in [0.29, 0.717) is 11.3 Å². The molecule has 24 heavy (non-hydrogen) atoms. The minimum Gasteiger partial charge on any atom is -0.322 e. The van der Waals surface area contributed by atoms with Crippen LogP contribution in [-0.4, -0.2) is 39.8 Å². The number of rotatable bonds is 5. The van der Waals surface area contributed by atoms with Gasteiger partial charge >= 0.3 is 10.2 Å². The number of aryl methyl sites for hydroxylation is 1. The summed E-state index contributed by atoms with van der Waals surface area (Å²) in [7, 11) is 0.855. The van der Waals surface area contributed by atoms with Crippen molar-refractivity contribution in [1.82, 2.24) is 4.31 Å². The maximum Gasteiger partial charge on any atom is 0.303 e. The number of carbonyl (C=O) groups excluding carboxylic acids is 1. The summed E-state index contributed by atoms with van der Waals surface area (Å²) in [4.78, 5) is 12.3. The minimum atomic E-state index is -3.55. The van der Waals surface area contributed by atoms with E-state index in [1.54, 1.807) is 24.3 Å². The summed E-state index contributed by atoms with van der Waals surface area (Å²) in [6.07, 6.45) is 0. The zero-order chi connectivity index (χ0) is 17.9. The van der Waals surface area contributed by atoms with Crippen molar-refractivity contribution < 1.29 is 13.2 Å². The number of anilines is 2. The Morgan fingerprint density at radius 1 is 1.00 bits per heavy atom. The van der Waals surface area contributed by atoms with E-state index in [1.165, 1.54) is 21.1 Å². The molecule has 0 bridgehead atoms. The lowest BCUT2D eigenvalue weighted by Gasteiger charge is -2.23. The number of hydrogen-bond acceptors (Lipinski definition) is 3. The quantitative estimate of drug-likeness (QED) is 0.903. The van der Waals surface area contributed by atoms with E-state index >= 15 is 0 Å². The fourth-order valence-corrected chi connectivity index (χ4v) is 3.00. The van der Waals surface area contributed by atoms with Crippen LogP contribution in [-0.2, 0) is 10.2 Å². The molecule has 0 aliphatic carbocycles. The van der Waals surface area contributed by atoms with Crippen molar-refractivity contribution in [3.8, 4) is 0 Å². The summed E-state index contributed by atoms with van der Waals surface area (Å²) in [5.74, 6) is -0.245. The third-order valence-electron chi connectivity index (χ3n) is 3.58. The van der Waals surface area contributed by atoms with Crippen LogP contribution in [0.1, 0.15) is 15.9 Å². The Morgan fingerprint density at radius 2 is 1.62 bits per heavy atom. The van der Waals surface area contributed by atoms with Crippen LogP contribution < -0.4 is 9.62 Å². The van der Waals surface area contributed by atoms with Gasteiger partial charge in [-0.2, -0.15) is 12.7 Å². The smallest absolute Gasteiger partial charge is 0.303 e. The Morgan fingerprint density at radius 3 is 2.17 bits per heavy atom. The van der Waals surface area contributed by atoms with Gasteiger partial charge in [0.15, 0.2) is 0 Å². The van der Waals surface area contributed by atoms with E-state index in [9.17, 15) is 13.2 Å². The fraction of sp³-hybridized carbons (Fsp3) is 0.235. The molecule has 2 aromatic carbocycles. The summed E-state index contributed by atoms with van der Waals surface area (Å²) >= 11 is 0. The van der Waals surface area contributed by atoms with E-state index < -0.39 is 10.2 Å². The maximum atomic E-state index is 12.3. The van der Waals surface area contributed by atoms with Gasteiger partial charge in [0.25, 0.3) is 5.91 Å². The molecule has 0 saturated carbocycles. The Labute approximate surface area is 142 Å². The third-order valence-corrected chi connectivity index (χ3v) is 5.40. The predicted molar refractivity (Wildman–Crippen MR) is 96.6 cm³/mol. The number of hydrogen-bond donors (Lipinski definition) is 1. The van der Waals surface area contributed by atoms with Gasteiger partial charge in [-0.15, -0.1) is 0 Å². The van der Waals surface area contributed by atoms with Crippen molar-refractivity contribution in [3.05, 3.63) is 59.7 Å². The van der Waals surface area contributed by atoms with Gasteiger partial charge in [-0.3, -0.25) is 9.10 Å². The standard InChI is InChI=1S/C17H21N3O3S/c1-13-6-5-7-15(12-13)18-17(21)14-8-10-16(11-9-14)20(4)24(22,23)19(2)3/h5-12H,1-4H3,(H,18,21). The molecule has 1 N–H and O–H groups in total. The van der Waals surface area contributed by atoms with Gasteiger partial charge in [-0.05, 0) is 48.9 Å². The molecule has 0 saturated heterocycles. The average Bonchev–Trinajstić information content (AvgIpc) is 2.54. The number of nitrogens with one attached hydrogen (secondary N) is 1. The first-order valence-electron chi connectivity index (χ1n) is 7.36. The zero-order valence-corrected chi connectivity index (χ0v) is 15.0. The van der Waals surface area contributed by atoms with Gasteiger partial charge in [0.1, 0.15) is 0 Å². The highest BCUT2D eigenvalue weighted by atomic mass is 32.2. The van der Waals surface area contributed by atoms with Crippen molar-refractivity contribution in [2.24, 2.45) is 0 Å². The fourth-order valence-electron chi connectivity index (χ4n) is 2.13. The summed E-state index contributed by atoms with van der Waals surface area (Å²) < 4.78 is 26.5. The van der Waals surface area contributed by atoms with Crippen LogP contribution in [0.5, 0.6) is 0 Å². The van der Waals surface area contributed by atoms with Gasteiger partial charge in [-0.1, -0.05) is 12.1 Å². The van der Waals surface area contributed by atoms with Crippen molar-refractivity contribution >= 4 is 27.5 Å². The molecule has 0 heterocycles. The molecule has 0 radical (unpaired) electrons. The van der Waals surface area contributed by atoms with Gasteiger partial charge in [0, 0.05) is 32.4 Å². The molecule has 0 aliphatic heterocycles. The molecular weight excluding hydrogens is 326 g/mol. The van der Waals surface area contributed by atoms with E-state index in [4.69, 9.17) is 0 Å². The molecule has 128 valence electrons. The maximum absolute atomic E-state index is 12.3.